The largest absolute Gasteiger partial charge is 0.489 e. The minimum absolute atomic E-state index is 0.00672. The summed E-state index contributed by atoms with van der Waals surface area (Å²) in [5.74, 6) is -2.05. The van der Waals surface area contributed by atoms with Gasteiger partial charge in [0.2, 0.25) is 11.8 Å². The van der Waals surface area contributed by atoms with Crippen molar-refractivity contribution in [3.63, 3.8) is 0 Å². The Labute approximate surface area is 353 Å². The second kappa shape index (κ2) is 15.8. The molecule has 3 aromatic rings. The van der Waals surface area contributed by atoms with E-state index in [1.54, 1.807) is 36.4 Å². The number of imide groups is 2. The SMILES string of the molecule is CC1(C)C(NC(=O)c2ccc(N3CCN(CC4CCN(c5ccc6c(c5)C(=O)N(C5CCC(=O)NC5=O)C6=O)CC4)CC3)cc2F)C(C)(C)C1Oc1ccc(C#N)c(Cl)c1. The van der Waals surface area contributed by atoms with Gasteiger partial charge in [0.25, 0.3) is 17.7 Å². The lowest BCUT2D eigenvalue weighted by atomic mass is 9.49. The van der Waals surface area contributed by atoms with Gasteiger partial charge in [0.15, 0.2) is 0 Å². The molecule has 5 aliphatic rings. The van der Waals surface area contributed by atoms with Gasteiger partial charge in [-0.25, -0.2) is 4.39 Å². The molecule has 3 aromatic carbocycles. The Kier molecular flexibility index (Phi) is 10.9. The Morgan fingerprint density at radius 3 is 2.17 bits per heavy atom. The number of hydrogen-bond donors (Lipinski definition) is 2. The van der Waals surface area contributed by atoms with Crippen molar-refractivity contribution in [2.75, 3.05) is 55.6 Å². The lowest BCUT2D eigenvalue weighted by molar-refractivity contribution is -0.164. The number of halogens is 2. The number of piperazine rings is 1. The molecular weight excluding hydrogens is 789 g/mol. The molecule has 3 saturated heterocycles. The lowest BCUT2D eigenvalue weighted by Gasteiger charge is -2.63. The maximum absolute atomic E-state index is 15.6. The van der Waals surface area contributed by atoms with Crippen LogP contribution in [0.3, 0.4) is 0 Å². The van der Waals surface area contributed by atoms with E-state index >= 15 is 4.39 Å². The molecule has 1 aliphatic carbocycles. The summed E-state index contributed by atoms with van der Waals surface area (Å²) in [4.78, 5) is 71.9. The summed E-state index contributed by atoms with van der Waals surface area (Å²) in [6.07, 6.45) is 1.86. The molecule has 4 aliphatic heterocycles. The lowest BCUT2D eigenvalue weighted by Crippen LogP contribution is -2.74. The summed E-state index contributed by atoms with van der Waals surface area (Å²) in [6, 6.07) is 15.8. The number of nitrogens with one attached hydrogen (secondary N) is 2. The zero-order valence-electron chi connectivity index (χ0n) is 34.2. The van der Waals surface area contributed by atoms with Crippen molar-refractivity contribution in [2.45, 2.75) is 71.6 Å². The van der Waals surface area contributed by atoms with Gasteiger partial charge in [0.05, 0.1) is 27.3 Å². The van der Waals surface area contributed by atoms with E-state index in [2.05, 4.69) is 25.3 Å². The van der Waals surface area contributed by atoms with Crippen molar-refractivity contribution in [2.24, 2.45) is 16.7 Å². The Bertz CT molecular complexity index is 2300. The van der Waals surface area contributed by atoms with Crippen LogP contribution in [-0.2, 0) is 9.59 Å². The molecule has 314 valence electrons. The minimum atomic E-state index is -0.990. The first-order valence-corrected chi connectivity index (χ1v) is 21.0. The van der Waals surface area contributed by atoms with Crippen LogP contribution in [0.5, 0.6) is 5.75 Å². The average molecular weight is 838 g/mol. The molecule has 4 heterocycles. The van der Waals surface area contributed by atoms with Crippen molar-refractivity contribution in [3.8, 4) is 11.8 Å². The molecule has 1 saturated carbocycles. The Morgan fingerprint density at radius 1 is 0.867 bits per heavy atom. The highest BCUT2D eigenvalue weighted by molar-refractivity contribution is 6.31. The predicted molar refractivity (Wildman–Crippen MR) is 223 cm³/mol. The molecule has 0 spiro atoms. The topological polar surface area (TPSA) is 155 Å². The molecular formula is C45H49ClFN7O6. The van der Waals surface area contributed by atoms with Gasteiger partial charge in [-0.3, -0.25) is 39.1 Å². The smallest absolute Gasteiger partial charge is 0.262 e. The van der Waals surface area contributed by atoms with Crippen molar-refractivity contribution >= 4 is 52.5 Å². The maximum Gasteiger partial charge on any atom is 0.262 e. The van der Waals surface area contributed by atoms with E-state index in [1.807, 2.05) is 45.9 Å². The molecule has 0 bridgehead atoms. The molecule has 0 aromatic heterocycles. The summed E-state index contributed by atoms with van der Waals surface area (Å²) in [7, 11) is 0. The highest BCUT2D eigenvalue weighted by Crippen LogP contribution is 2.55. The number of ether oxygens (including phenoxy) is 1. The molecule has 1 atom stereocenters. The molecule has 5 amide bonds. The van der Waals surface area contributed by atoms with Crippen LogP contribution in [0.25, 0.3) is 0 Å². The first kappa shape index (κ1) is 41.2. The van der Waals surface area contributed by atoms with Crippen molar-refractivity contribution in [1.29, 1.82) is 5.26 Å². The van der Waals surface area contributed by atoms with E-state index < -0.39 is 52.2 Å². The number of benzene rings is 3. The zero-order valence-corrected chi connectivity index (χ0v) is 35.0. The van der Waals surface area contributed by atoms with Crippen LogP contribution in [0.1, 0.15) is 90.0 Å². The monoisotopic (exact) mass is 837 g/mol. The summed E-state index contributed by atoms with van der Waals surface area (Å²) < 4.78 is 21.9. The zero-order chi connectivity index (χ0) is 42.7. The maximum atomic E-state index is 15.6. The first-order valence-electron chi connectivity index (χ1n) is 20.6. The summed E-state index contributed by atoms with van der Waals surface area (Å²) in [6.45, 7) is 13.7. The predicted octanol–water partition coefficient (Wildman–Crippen LogP) is 5.40. The standard InChI is InChI=1S/C45H49ClFN7O6/c1-44(2)42(45(3,4)43(44)60-30-8-5-27(24-48)34(46)23-30)50-38(56)32-10-7-29(22-35(32)47)53-19-17-51(18-20-53)25-26-13-15-52(16-14-26)28-6-9-31-33(21-28)41(59)54(40(31)58)36-11-12-37(55)49-39(36)57/h5-10,21-23,26,36,42-43H,11-20,25H2,1-4H3,(H,50,56)(H,49,55,57). The highest BCUT2D eigenvalue weighted by Gasteiger charge is 2.64. The van der Waals surface area contributed by atoms with E-state index in [-0.39, 0.29) is 41.7 Å². The Morgan fingerprint density at radius 2 is 1.52 bits per heavy atom. The molecule has 15 heteroatoms. The number of nitriles is 1. The van der Waals surface area contributed by atoms with Crippen LogP contribution in [0.15, 0.2) is 54.6 Å². The number of carbonyl (C=O) groups is 5. The number of fused-ring (bicyclic) bond motifs is 1. The first-order chi connectivity index (χ1) is 28.6. The van der Waals surface area contributed by atoms with Crippen LogP contribution in [0.4, 0.5) is 15.8 Å². The van der Waals surface area contributed by atoms with E-state index in [1.165, 1.54) is 6.07 Å². The molecule has 2 N–H and O–H groups in total. The fourth-order valence-electron chi connectivity index (χ4n) is 10.3. The quantitative estimate of drug-likeness (QED) is 0.268. The fraction of sp³-hybridized carbons (Fsp3) is 0.467. The van der Waals surface area contributed by atoms with Gasteiger partial charge in [-0.05, 0) is 73.7 Å². The van der Waals surface area contributed by atoms with Gasteiger partial charge in [-0.15, -0.1) is 0 Å². The number of nitrogens with zero attached hydrogens (tertiary/aromatic N) is 5. The van der Waals surface area contributed by atoms with Gasteiger partial charge < -0.3 is 19.9 Å². The van der Waals surface area contributed by atoms with E-state index in [4.69, 9.17) is 16.3 Å². The number of amides is 5. The second-order valence-corrected chi connectivity index (χ2v) is 18.3. The van der Waals surface area contributed by atoms with Crippen molar-refractivity contribution in [1.82, 2.24) is 20.4 Å². The minimum Gasteiger partial charge on any atom is -0.489 e. The average Bonchev–Trinajstić information content (AvgIpc) is 3.47. The molecule has 8 rings (SSSR count). The summed E-state index contributed by atoms with van der Waals surface area (Å²) in [5, 5.41) is 14.8. The number of anilines is 2. The van der Waals surface area contributed by atoms with Crippen LogP contribution in [0, 0.1) is 33.9 Å². The van der Waals surface area contributed by atoms with E-state index in [0.29, 0.717) is 22.3 Å². The molecule has 60 heavy (non-hydrogen) atoms. The third kappa shape index (κ3) is 7.47. The van der Waals surface area contributed by atoms with Gasteiger partial charge in [-0.2, -0.15) is 5.26 Å². The van der Waals surface area contributed by atoms with E-state index in [0.717, 1.165) is 74.9 Å². The van der Waals surface area contributed by atoms with Crippen molar-refractivity contribution < 1.29 is 33.1 Å². The molecule has 0 radical (unpaired) electrons. The van der Waals surface area contributed by atoms with Crippen LogP contribution >= 0.6 is 11.6 Å². The van der Waals surface area contributed by atoms with E-state index in [9.17, 15) is 29.2 Å². The highest BCUT2D eigenvalue weighted by atomic mass is 35.5. The van der Waals surface area contributed by atoms with Gasteiger partial charge in [0.1, 0.15) is 29.8 Å². The second-order valence-electron chi connectivity index (χ2n) is 17.9. The van der Waals surface area contributed by atoms with Gasteiger partial charge in [0, 0.05) is 86.5 Å². The molecule has 13 nitrogen and oxygen atoms in total. The molecule has 1 unspecified atom stereocenters. The Hall–Kier alpha value is -5.52. The van der Waals surface area contributed by atoms with Crippen molar-refractivity contribution in [3.05, 3.63) is 87.7 Å². The number of carbonyl (C=O) groups excluding carboxylic acids is 5. The van der Waals surface area contributed by atoms with Crippen LogP contribution in [-0.4, -0.2) is 103 Å². The number of piperidine rings is 2. The normalized spacial score (nSPS) is 24.1. The number of rotatable bonds is 9. The summed E-state index contributed by atoms with van der Waals surface area (Å²) >= 11 is 6.23. The van der Waals surface area contributed by atoms with Gasteiger partial charge in [-0.1, -0.05) is 39.3 Å². The van der Waals surface area contributed by atoms with Crippen LogP contribution in [0.2, 0.25) is 5.02 Å². The van der Waals surface area contributed by atoms with Crippen LogP contribution < -0.4 is 25.2 Å². The third-order valence-corrected chi connectivity index (χ3v) is 13.6. The summed E-state index contributed by atoms with van der Waals surface area (Å²) in [5.41, 5.74) is 1.56. The molecule has 4 fully saturated rings. The van der Waals surface area contributed by atoms with Gasteiger partial charge >= 0.3 is 0 Å². The Balaban J connectivity index is 0.804. The fourth-order valence-corrected chi connectivity index (χ4v) is 10.5. The number of hydrogen-bond acceptors (Lipinski definition) is 10. The third-order valence-electron chi connectivity index (χ3n) is 13.3.